The molecule has 11 heteroatoms. The van der Waals surface area contributed by atoms with Gasteiger partial charge in [0.2, 0.25) is 5.91 Å². The molecule has 2 aromatic rings. The lowest BCUT2D eigenvalue weighted by atomic mass is 9.98. The molecule has 5 rings (SSSR count). The van der Waals surface area contributed by atoms with E-state index in [-0.39, 0.29) is 25.7 Å². The van der Waals surface area contributed by atoms with Crippen LogP contribution in [0.5, 0.6) is 0 Å². The van der Waals surface area contributed by atoms with E-state index >= 15 is 0 Å². The predicted molar refractivity (Wildman–Crippen MR) is 144 cm³/mol. The molecule has 0 saturated carbocycles. The second kappa shape index (κ2) is 11.2. The number of urea groups is 1. The molecule has 0 bridgehead atoms. The number of amides is 4. The first-order chi connectivity index (χ1) is 19.2. The van der Waals surface area contributed by atoms with E-state index in [1.807, 2.05) is 48.5 Å². The molecule has 3 N–H and O–H groups in total. The molecule has 4 amide bonds. The number of ether oxygens (including phenoxy) is 2. The summed E-state index contributed by atoms with van der Waals surface area (Å²) in [6, 6.07) is 14.0. The summed E-state index contributed by atoms with van der Waals surface area (Å²) in [5.41, 5.74) is 5.45. The van der Waals surface area contributed by atoms with E-state index in [0.717, 1.165) is 32.1 Å². The Balaban J connectivity index is 1.25. The van der Waals surface area contributed by atoms with Crippen LogP contribution in [0.3, 0.4) is 0 Å². The number of aliphatic carboxylic acids is 1. The van der Waals surface area contributed by atoms with E-state index < -0.39 is 49.2 Å². The number of hydrogen-bond donors (Lipinski definition) is 3. The highest BCUT2D eigenvalue weighted by atomic mass is 16.5. The van der Waals surface area contributed by atoms with Crippen LogP contribution >= 0.6 is 0 Å². The summed E-state index contributed by atoms with van der Waals surface area (Å²) >= 11 is 0. The summed E-state index contributed by atoms with van der Waals surface area (Å²) in [7, 11) is 0. The number of carbonyl (C=O) groups excluding carboxylic acids is 3. The lowest BCUT2D eigenvalue weighted by Gasteiger charge is -2.33. The molecular formula is C29H30N4O7. The van der Waals surface area contributed by atoms with Gasteiger partial charge in [-0.2, -0.15) is 0 Å². The van der Waals surface area contributed by atoms with Crippen molar-refractivity contribution < 1.29 is 33.8 Å². The van der Waals surface area contributed by atoms with Gasteiger partial charge < -0.3 is 30.1 Å². The third kappa shape index (κ3) is 5.41. The molecule has 1 saturated heterocycles. The Labute approximate surface area is 231 Å². The smallest absolute Gasteiger partial charge is 0.407 e. The quantitative estimate of drug-likeness (QED) is 0.463. The van der Waals surface area contributed by atoms with Gasteiger partial charge in [0, 0.05) is 17.8 Å². The number of rotatable bonds is 8. The van der Waals surface area contributed by atoms with Gasteiger partial charge in [-0.1, -0.05) is 55.1 Å². The maximum atomic E-state index is 13.2. The fraction of sp³-hybridized carbons (Fsp3) is 0.310. The average molecular weight is 547 g/mol. The van der Waals surface area contributed by atoms with Crippen molar-refractivity contribution in [3.8, 4) is 11.1 Å². The first-order valence-corrected chi connectivity index (χ1v) is 12.9. The first kappa shape index (κ1) is 26.9. The summed E-state index contributed by atoms with van der Waals surface area (Å²) in [4.78, 5) is 52.3. The van der Waals surface area contributed by atoms with Gasteiger partial charge in [-0.05, 0) is 34.8 Å². The second-order valence-corrected chi connectivity index (χ2v) is 9.95. The number of carbonyl (C=O) groups is 4. The first-order valence-electron chi connectivity index (χ1n) is 12.9. The standard InChI is InChI=1S/C29H30N4O7/c1-17-11-32(28(37)30-18(17)2)12-26(34)33(13-27(35)36)25-16-39-15-24(25)31-29(38)40-14-23-21-9-5-3-7-19(21)20-8-4-6-10-22(20)23/h3-11,23-25H,2,12-16H2,1H3,(H,30,37)(H,31,38)(H,35,36)/t24-,25-/m0/s1. The Morgan fingerprint density at radius 2 is 1.77 bits per heavy atom. The molecule has 2 atom stereocenters. The molecule has 40 heavy (non-hydrogen) atoms. The summed E-state index contributed by atoms with van der Waals surface area (Å²) in [5, 5.41) is 14.8. The molecule has 208 valence electrons. The fourth-order valence-corrected chi connectivity index (χ4v) is 5.34. The number of carboxylic acid groups (broad SMARTS) is 1. The van der Waals surface area contributed by atoms with Gasteiger partial charge in [0.25, 0.3) is 0 Å². The Bertz CT molecular complexity index is 1360. The molecule has 0 aromatic heterocycles. The number of nitrogens with one attached hydrogen (secondary N) is 2. The third-order valence-electron chi connectivity index (χ3n) is 7.37. The predicted octanol–water partition coefficient (Wildman–Crippen LogP) is 2.65. The van der Waals surface area contributed by atoms with Crippen LogP contribution in [0.1, 0.15) is 24.0 Å². The summed E-state index contributed by atoms with van der Waals surface area (Å²) < 4.78 is 11.1. The summed E-state index contributed by atoms with van der Waals surface area (Å²) in [5.74, 6) is -1.96. The van der Waals surface area contributed by atoms with Gasteiger partial charge in [-0.15, -0.1) is 0 Å². The highest BCUT2D eigenvalue weighted by Gasteiger charge is 2.39. The van der Waals surface area contributed by atoms with Crippen molar-refractivity contribution in [2.75, 3.05) is 32.9 Å². The molecule has 0 spiro atoms. The Kier molecular flexibility index (Phi) is 7.56. The molecule has 11 nitrogen and oxygen atoms in total. The minimum atomic E-state index is -1.23. The lowest BCUT2D eigenvalue weighted by molar-refractivity contribution is -0.146. The zero-order valence-corrected chi connectivity index (χ0v) is 22.0. The van der Waals surface area contributed by atoms with Crippen LogP contribution in [0.15, 0.2) is 72.6 Å². The second-order valence-electron chi connectivity index (χ2n) is 9.95. The lowest BCUT2D eigenvalue weighted by Crippen LogP contribution is -2.57. The van der Waals surface area contributed by atoms with Gasteiger partial charge in [-0.25, -0.2) is 9.59 Å². The van der Waals surface area contributed by atoms with Crippen LogP contribution in [0.2, 0.25) is 0 Å². The number of carboxylic acids is 1. The van der Waals surface area contributed by atoms with E-state index in [9.17, 15) is 24.3 Å². The number of nitrogens with zero attached hydrogens (tertiary/aromatic N) is 2. The maximum absolute atomic E-state index is 13.2. The summed E-state index contributed by atoms with van der Waals surface area (Å²) in [6.45, 7) is 4.64. The van der Waals surface area contributed by atoms with Crippen LogP contribution in [0, 0.1) is 0 Å². The van der Waals surface area contributed by atoms with Gasteiger partial charge in [0.1, 0.15) is 19.7 Å². The molecule has 3 aliphatic rings. The highest BCUT2D eigenvalue weighted by molar-refractivity contribution is 5.89. The van der Waals surface area contributed by atoms with Crippen molar-refractivity contribution >= 4 is 24.0 Å². The van der Waals surface area contributed by atoms with Crippen LogP contribution in [-0.4, -0.2) is 83.9 Å². The molecule has 1 aliphatic carbocycles. The van der Waals surface area contributed by atoms with Crippen LogP contribution in [0.4, 0.5) is 9.59 Å². The Morgan fingerprint density at radius 3 is 2.42 bits per heavy atom. The van der Waals surface area contributed by atoms with Crippen molar-refractivity contribution in [1.82, 2.24) is 20.4 Å². The number of alkyl carbamates (subject to hydrolysis) is 1. The zero-order chi connectivity index (χ0) is 28.4. The average Bonchev–Trinajstić information content (AvgIpc) is 3.51. The molecule has 2 aromatic carbocycles. The van der Waals surface area contributed by atoms with Crippen LogP contribution in [0.25, 0.3) is 11.1 Å². The number of fused-ring (bicyclic) bond motifs is 3. The Hall–Kier alpha value is -4.64. The van der Waals surface area contributed by atoms with E-state index in [4.69, 9.17) is 9.47 Å². The largest absolute Gasteiger partial charge is 0.480 e. The van der Waals surface area contributed by atoms with Gasteiger partial charge >= 0.3 is 18.1 Å². The van der Waals surface area contributed by atoms with E-state index in [1.54, 1.807) is 6.92 Å². The van der Waals surface area contributed by atoms with Crippen molar-refractivity contribution in [2.24, 2.45) is 0 Å². The normalized spacial score (nSPS) is 19.8. The van der Waals surface area contributed by atoms with Gasteiger partial charge in [-0.3, -0.25) is 14.5 Å². The van der Waals surface area contributed by atoms with Crippen LogP contribution < -0.4 is 10.6 Å². The monoisotopic (exact) mass is 546 g/mol. The number of allylic oxidation sites excluding steroid dienone is 1. The minimum absolute atomic E-state index is 0.0191. The molecular weight excluding hydrogens is 516 g/mol. The topological polar surface area (TPSA) is 138 Å². The fourth-order valence-electron chi connectivity index (χ4n) is 5.34. The molecule has 2 aliphatic heterocycles. The summed E-state index contributed by atoms with van der Waals surface area (Å²) in [6.07, 6.45) is 0.785. The van der Waals surface area contributed by atoms with E-state index in [2.05, 4.69) is 17.2 Å². The van der Waals surface area contributed by atoms with Crippen molar-refractivity contribution in [3.63, 3.8) is 0 Å². The van der Waals surface area contributed by atoms with E-state index in [0.29, 0.717) is 11.3 Å². The SMILES string of the molecule is C=C1NC(=O)N(CC(=O)N(CC(=O)O)[C@H]2COC[C@@H]2NC(=O)OCC2c3ccccc3-c3ccccc32)C=C1C. The van der Waals surface area contributed by atoms with E-state index in [1.165, 1.54) is 6.20 Å². The van der Waals surface area contributed by atoms with Gasteiger partial charge in [0.15, 0.2) is 0 Å². The minimum Gasteiger partial charge on any atom is -0.480 e. The highest BCUT2D eigenvalue weighted by Crippen LogP contribution is 2.44. The number of benzene rings is 2. The van der Waals surface area contributed by atoms with Crippen molar-refractivity contribution in [1.29, 1.82) is 0 Å². The molecule has 0 radical (unpaired) electrons. The van der Waals surface area contributed by atoms with Crippen molar-refractivity contribution in [3.05, 3.63) is 83.7 Å². The molecule has 1 fully saturated rings. The number of hydrogen-bond acceptors (Lipinski definition) is 6. The maximum Gasteiger partial charge on any atom is 0.407 e. The Morgan fingerprint density at radius 1 is 1.12 bits per heavy atom. The zero-order valence-electron chi connectivity index (χ0n) is 22.0. The molecule has 0 unspecified atom stereocenters. The van der Waals surface area contributed by atoms with Crippen molar-refractivity contribution in [2.45, 2.75) is 24.9 Å². The third-order valence-corrected chi connectivity index (χ3v) is 7.37. The van der Waals surface area contributed by atoms with Gasteiger partial charge in [0.05, 0.1) is 25.3 Å². The van der Waals surface area contributed by atoms with Crippen LogP contribution in [-0.2, 0) is 19.1 Å². The molecule has 2 heterocycles.